The Bertz CT molecular complexity index is 1250. The van der Waals surface area contributed by atoms with E-state index >= 15 is 0 Å². The van der Waals surface area contributed by atoms with Gasteiger partial charge in [0.05, 0.1) is 11.4 Å². The molecule has 4 aromatic carbocycles. The van der Waals surface area contributed by atoms with Crippen LogP contribution in [0.25, 0.3) is 27.6 Å². The highest BCUT2D eigenvalue weighted by atomic mass is 16.5. The van der Waals surface area contributed by atoms with E-state index in [9.17, 15) is 0 Å². The molecule has 0 atom stereocenters. The van der Waals surface area contributed by atoms with Crippen LogP contribution in [0.15, 0.2) is 78.9 Å². The zero-order valence-corrected chi connectivity index (χ0v) is 15.9. The third-order valence-corrected chi connectivity index (χ3v) is 6.19. The molecule has 0 N–H and O–H groups in total. The fourth-order valence-corrected chi connectivity index (χ4v) is 4.68. The lowest BCUT2D eigenvalue weighted by molar-refractivity contribution is 0.119. The third kappa shape index (κ3) is 1.83. The first-order valence-electron chi connectivity index (χ1n) is 9.58. The van der Waals surface area contributed by atoms with Gasteiger partial charge in [-0.15, -0.1) is 0 Å². The van der Waals surface area contributed by atoms with Crippen LogP contribution >= 0.6 is 0 Å². The van der Waals surface area contributed by atoms with Crippen molar-refractivity contribution in [2.24, 2.45) is 0 Å². The molecule has 28 heavy (non-hydrogen) atoms. The number of hydrogen-bond acceptors (Lipinski definition) is 3. The van der Waals surface area contributed by atoms with E-state index in [2.05, 4.69) is 109 Å². The summed E-state index contributed by atoms with van der Waals surface area (Å²) in [5.41, 5.74) is 3.47. The second-order valence-electron chi connectivity index (χ2n) is 7.57. The zero-order chi connectivity index (χ0) is 18.9. The molecule has 2 heterocycles. The van der Waals surface area contributed by atoms with E-state index < -0.39 is 5.85 Å². The fraction of sp³-hybridized carbons (Fsp3) is 0.120. The van der Waals surface area contributed by atoms with Gasteiger partial charge in [-0.1, -0.05) is 60.7 Å². The molecule has 0 radical (unpaired) electrons. The van der Waals surface area contributed by atoms with Crippen molar-refractivity contribution in [3.63, 3.8) is 0 Å². The van der Waals surface area contributed by atoms with Gasteiger partial charge in [-0.05, 0) is 29.0 Å². The summed E-state index contributed by atoms with van der Waals surface area (Å²) in [6.45, 7) is 0. The number of rotatable bonds is 0. The van der Waals surface area contributed by atoms with E-state index in [0.29, 0.717) is 0 Å². The zero-order valence-electron chi connectivity index (χ0n) is 15.9. The molecule has 2 aliphatic heterocycles. The lowest BCUT2D eigenvalue weighted by Crippen LogP contribution is -2.63. The van der Waals surface area contributed by atoms with Gasteiger partial charge in [-0.3, -0.25) is 0 Å². The largest absolute Gasteiger partial charge is 0.445 e. The van der Waals surface area contributed by atoms with E-state index in [1.807, 2.05) is 0 Å². The Balaban J connectivity index is 1.61. The highest BCUT2D eigenvalue weighted by Crippen LogP contribution is 2.48. The van der Waals surface area contributed by atoms with Gasteiger partial charge < -0.3 is 14.5 Å². The molecule has 0 fully saturated rings. The average Bonchev–Trinajstić information content (AvgIpc) is 2.76. The summed E-state index contributed by atoms with van der Waals surface area (Å²) in [4.78, 5) is 4.48. The highest BCUT2D eigenvalue weighted by Gasteiger charge is 2.46. The lowest BCUT2D eigenvalue weighted by atomic mass is 9.97. The highest BCUT2D eigenvalue weighted by molar-refractivity contribution is 6.06. The van der Waals surface area contributed by atoms with Crippen LogP contribution in [0.3, 0.4) is 0 Å². The average molecular weight is 364 g/mol. The van der Waals surface area contributed by atoms with Crippen LogP contribution in [0.4, 0.5) is 11.4 Å². The minimum Gasteiger partial charge on any atom is -0.445 e. The van der Waals surface area contributed by atoms with E-state index in [-0.39, 0.29) is 0 Å². The van der Waals surface area contributed by atoms with E-state index in [1.54, 1.807) is 0 Å². The molecule has 3 nitrogen and oxygen atoms in total. The van der Waals surface area contributed by atoms with Gasteiger partial charge in [-0.2, -0.15) is 0 Å². The number of anilines is 2. The van der Waals surface area contributed by atoms with Crippen molar-refractivity contribution in [1.82, 2.24) is 0 Å². The Labute approximate surface area is 164 Å². The van der Waals surface area contributed by atoms with Crippen molar-refractivity contribution >= 4 is 39.0 Å². The maximum absolute atomic E-state index is 6.85. The Hall–Kier alpha value is -3.46. The first-order valence-corrected chi connectivity index (χ1v) is 9.58. The Kier molecular flexibility index (Phi) is 2.95. The van der Waals surface area contributed by atoms with Gasteiger partial charge in [0.1, 0.15) is 5.75 Å². The Morgan fingerprint density at radius 2 is 1.39 bits per heavy atom. The molecule has 6 rings (SSSR count). The van der Waals surface area contributed by atoms with E-state index in [4.69, 9.17) is 4.74 Å². The van der Waals surface area contributed by atoms with Crippen LogP contribution in [-0.4, -0.2) is 19.9 Å². The molecule has 0 amide bonds. The van der Waals surface area contributed by atoms with Crippen LogP contribution < -0.4 is 14.5 Å². The monoisotopic (exact) mass is 364 g/mol. The van der Waals surface area contributed by atoms with E-state index in [1.165, 1.54) is 27.5 Å². The van der Waals surface area contributed by atoms with Crippen molar-refractivity contribution in [2.75, 3.05) is 23.9 Å². The summed E-state index contributed by atoms with van der Waals surface area (Å²) in [5, 5.41) is 4.84. The summed E-state index contributed by atoms with van der Waals surface area (Å²) < 4.78 is 6.85. The molecule has 1 spiro atoms. The van der Waals surface area contributed by atoms with Crippen molar-refractivity contribution in [3.8, 4) is 5.75 Å². The van der Waals surface area contributed by atoms with Crippen LogP contribution in [0.5, 0.6) is 5.75 Å². The number of fused-ring (bicyclic) bond motifs is 3. The molecule has 0 aliphatic carbocycles. The van der Waals surface area contributed by atoms with Gasteiger partial charge in [-0.25, -0.2) is 0 Å². The molecule has 0 saturated heterocycles. The number of nitrogens with zero attached hydrogens (tertiary/aromatic N) is 2. The van der Waals surface area contributed by atoms with Gasteiger partial charge in [0.15, 0.2) is 0 Å². The fourth-order valence-electron chi connectivity index (χ4n) is 4.68. The smallest absolute Gasteiger partial charge is 0.284 e. The second-order valence-corrected chi connectivity index (χ2v) is 7.57. The summed E-state index contributed by atoms with van der Waals surface area (Å²) >= 11 is 0. The predicted molar refractivity (Wildman–Crippen MR) is 117 cm³/mol. The molecule has 0 saturated carbocycles. The predicted octanol–water partition coefficient (Wildman–Crippen LogP) is 5.64. The molecule has 136 valence electrons. The summed E-state index contributed by atoms with van der Waals surface area (Å²) in [6.07, 6.45) is 4.35. The standard InChI is InChI=1S/C25H20N2O/c1-26-21-11-5-8-18-9-6-12-22(23(18)21)27(2)25(26)16-15-19-14-13-17-7-3-4-10-20(17)24(19)28-25/h3-16H,1-2H3. The van der Waals surface area contributed by atoms with Gasteiger partial charge in [0.25, 0.3) is 5.85 Å². The normalized spacial score (nSPS) is 16.5. The van der Waals surface area contributed by atoms with Crippen molar-refractivity contribution < 1.29 is 4.74 Å². The molecule has 2 aliphatic rings. The number of ether oxygens (including phenoxy) is 1. The summed E-state index contributed by atoms with van der Waals surface area (Å²) in [5.74, 6) is 0.227. The molecule has 3 heteroatoms. The first-order chi connectivity index (χ1) is 13.7. The molecular weight excluding hydrogens is 344 g/mol. The number of benzene rings is 4. The van der Waals surface area contributed by atoms with Crippen LogP contribution in [-0.2, 0) is 0 Å². The maximum atomic E-state index is 6.85. The Morgan fingerprint density at radius 1 is 0.714 bits per heavy atom. The molecule has 0 bridgehead atoms. The minimum atomic E-state index is -0.709. The van der Waals surface area contributed by atoms with Gasteiger partial charge in [0.2, 0.25) is 0 Å². The number of likely N-dealkylation sites (N-methyl/N-ethyl adjacent to an activating group) is 2. The van der Waals surface area contributed by atoms with Crippen molar-refractivity contribution in [3.05, 3.63) is 84.4 Å². The summed E-state index contributed by atoms with van der Waals surface area (Å²) in [7, 11) is 4.23. The van der Waals surface area contributed by atoms with Crippen LogP contribution in [0.1, 0.15) is 5.56 Å². The molecule has 0 aromatic heterocycles. The Morgan fingerprint density at radius 3 is 2.14 bits per heavy atom. The lowest BCUT2D eigenvalue weighted by Gasteiger charge is -2.52. The SMILES string of the molecule is CN1c2cccc3cccc(c23)N(C)C12C=Cc1ccc3ccccc3c1O2. The molecule has 4 aromatic rings. The minimum absolute atomic E-state index is 0.709. The summed E-state index contributed by atoms with van der Waals surface area (Å²) in [6, 6.07) is 25.6. The maximum Gasteiger partial charge on any atom is 0.284 e. The second kappa shape index (κ2) is 5.29. The molecular formula is C25H20N2O. The van der Waals surface area contributed by atoms with Crippen LogP contribution in [0, 0.1) is 0 Å². The first kappa shape index (κ1) is 15.6. The van der Waals surface area contributed by atoms with Crippen LogP contribution in [0.2, 0.25) is 0 Å². The van der Waals surface area contributed by atoms with E-state index in [0.717, 1.165) is 16.7 Å². The third-order valence-electron chi connectivity index (χ3n) is 6.19. The van der Waals surface area contributed by atoms with Crippen molar-refractivity contribution in [2.45, 2.75) is 5.85 Å². The van der Waals surface area contributed by atoms with Gasteiger partial charge >= 0.3 is 0 Å². The molecule has 0 unspecified atom stereocenters. The topological polar surface area (TPSA) is 15.7 Å². The quantitative estimate of drug-likeness (QED) is 0.402. The number of hydrogen-bond donors (Lipinski definition) is 0. The van der Waals surface area contributed by atoms with Gasteiger partial charge in [0, 0.05) is 36.5 Å². The van der Waals surface area contributed by atoms with Crippen molar-refractivity contribution in [1.29, 1.82) is 0 Å².